The number of nitrogens with one attached hydrogen (secondary N) is 1. The van der Waals surface area contributed by atoms with Crippen molar-refractivity contribution in [3.8, 4) is 5.75 Å². The number of Topliss-reactive ketones (excluding diaryl/α,β-unsaturated/α-hetero) is 1. The van der Waals surface area contributed by atoms with E-state index in [2.05, 4.69) is 9.71 Å². The van der Waals surface area contributed by atoms with E-state index >= 15 is 0 Å². The molecule has 30 heavy (non-hydrogen) atoms. The lowest BCUT2D eigenvalue weighted by Gasteiger charge is -2.13. The molecule has 0 saturated carbocycles. The van der Waals surface area contributed by atoms with E-state index in [4.69, 9.17) is 9.47 Å². The maximum atomic E-state index is 12.6. The summed E-state index contributed by atoms with van der Waals surface area (Å²) in [5.41, 5.74) is 1.77. The molecule has 8 heteroatoms. The van der Waals surface area contributed by atoms with Gasteiger partial charge in [-0.1, -0.05) is 12.1 Å². The lowest BCUT2D eigenvalue weighted by molar-refractivity contribution is -0.145. The van der Waals surface area contributed by atoms with Crippen molar-refractivity contribution in [1.82, 2.24) is 5.32 Å². The molecule has 0 fully saturated rings. The van der Waals surface area contributed by atoms with Gasteiger partial charge in [0.05, 0.1) is 12.6 Å². The maximum absolute atomic E-state index is 12.6. The van der Waals surface area contributed by atoms with Crippen molar-refractivity contribution in [2.75, 3.05) is 19.5 Å². The molecule has 0 unspecified atom stereocenters. The Morgan fingerprint density at radius 3 is 2.30 bits per heavy atom. The van der Waals surface area contributed by atoms with E-state index in [9.17, 15) is 14.4 Å². The number of ether oxygens (including phenoxy) is 2. The number of esters is 1. The highest BCUT2D eigenvalue weighted by atomic mass is 32.2. The Labute approximate surface area is 180 Å². The van der Waals surface area contributed by atoms with Gasteiger partial charge in [0.1, 0.15) is 5.75 Å². The smallest absolute Gasteiger partial charge is 0.344 e. The summed E-state index contributed by atoms with van der Waals surface area (Å²) < 4.78 is 14.2. The van der Waals surface area contributed by atoms with Gasteiger partial charge in [0.2, 0.25) is 0 Å². The summed E-state index contributed by atoms with van der Waals surface area (Å²) in [6, 6.07) is 12.6. The van der Waals surface area contributed by atoms with Gasteiger partial charge in [-0.15, -0.1) is 0 Å². The molecule has 7 nitrogen and oxygen atoms in total. The molecule has 158 valence electrons. The quantitative estimate of drug-likeness (QED) is 0.270. The molecule has 2 rings (SSSR count). The van der Waals surface area contributed by atoms with E-state index in [1.165, 1.54) is 11.9 Å². The van der Waals surface area contributed by atoms with Crippen LogP contribution in [0.3, 0.4) is 0 Å². The number of hydrogen-bond acceptors (Lipinski definition) is 7. The lowest BCUT2D eigenvalue weighted by atomic mass is 10.0. The standard InChI is InChI=1S/C22H24N2O5S/c1-4-28-20(25)14-29-19-11-9-17(10-12-19)21(26)15(2)24-22(27)18-7-5-16(6-8-18)13-23-30-3/h5-13,15H,4,14H2,1-3H3,(H,24,27)/b23-13+/t15-/m0/s1. The molecule has 0 bridgehead atoms. The monoisotopic (exact) mass is 428 g/mol. The first-order valence-electron chi connectivity index (χ1n) is 9.34. The van der Waals surface area contributed by atoms with Gasteiger partial charge in [0, 0.05) is 23.6 Å². The molecule has 0 aliphatic carbocycles. The summed E-state index contributed by atoms with van der Waals surface area (Å²) in [7, 11) is 0. The molecular formula is C22H24N2O5S. The fraction of sp³-hybridized carbons (Fsp3) is 0.273. The summed E-state index contributed by atoms with van der Waals surface area (Å²) >= 11 is 1.35. The number of rotatable bonds is 10. The zero-order valence-electron chi connectivity index (χ0n) is 17.1. The minimum Gasteiger partial charge on any atom is -0.482 e. The van der Waals surface area contributed by atoms with Gasteiger partial charge in [-0.2, -0.15) is 0 Å². The average molecular weight is 429 g/mol. The molecule has 2 aromatic carbocycles. The zero-order chi connectivity index (χ0) is 21.9. The van der Waals surface area contributed by atoms with Crippen molar-refractivity contribution in [2.45, 2.75) is 19.9 Å². The van der Waals surface area contributed by atoms with Crippen LogP contribution in [0.4, 0.5) is 0 Å². The molecule has 0 saturated heterocycles. The number of ketones is 1. The second-order valence-electron chi connectivity index (χ2n) is 6.22. The van der Waals surface area contributed by atoms with Crippen LogP contribution in [-0.2, 0) is 9.53 Å². The molecular weight excluding hydrogens is 404 g/mol. The molecule has 1 atom stereocenters. The van der Waals surface area contributed by atoms with Crippen LogP contribution in [0.1, 0.15) is 40.1 Å². The van der Waals surface area contributed by atoms with Crippen molar-refractivity contribution in [2.24, 2.45) is 4.40 Å². The first kappa shape index (κ1) is 23.2. The minimum absolute atomic E-state index is 0.199. The van der Waals surface area contributed by atoms with Gasteiger partial charge in [-0.05, 0) is 67.8 Å². The molecule has 2 aromatic rings. The van der Waals surface area contributed by atoms with Crippen molar-refractivity contribution >= 4 is 35.8 Å². The topological polar surface area (TPSA) is 94.1 Å². The molecule has 1 N–H and O–H groups in total. The van der Waals surface area contributed by atoms with Crippen LogP contribution in [-0.4, -0.2) is 49.4 Å². The lowest BCUT2D eigenvalue weighted by Crippen LogP contribution is -2.38. The summed E-state index contributed by atoms with van der Waals surface area (Å²) in [6.07, 6.45) is 3.57. The van der Waals surface area contributed by atoms with Crippen LogP contribution < -0.4 is 10.1 Å². The predicted molar refractivity (Wildman–Crippen MR) is 117 cm³/mol. The summed E-state index contributed by atoms with van der Waals surface area (Å²) in [5.74, 6) is -0.581. The molecule has 0 aliphatic heterocycles. The molecule has 0 heterocycles. The van der Waals surface area contributed by atoms with Crippen molar-refractivity contribution in [3.63, 3.8) is 0 Å². The average Bonchev–Trinajstić information content (AvgIpc) is 2.76. The van der Waals surface area contributed by atoms with Crippen LogP contribution in [0, 0.1) is 0 Å². The SMILES string of the molecule is CCOC(=O)COc1ccc(C(=O)[C@H](C)NC(=O)c2ccc(/C=N/SC)cc2)cc1. The zero-order valence-corrected chi connectivity index (χ0v) is 17.9. The highest BCUT2D eigenvalue weighted by molar-refractivity contribution is 7.97. The van der Waals surface area contributed by atoms with Gasteiger partial charge in [-0.3, -0.25) is 9.59 Å². The van der Waals surface area contributed by atoms with Crippen LogP contribution in [0.15, 0.2) is 52.9 Å². The van der Waals surface area contributed by atoms with E-state index in [0.717, 1.165) is 5.56 Å². The second-order valence-corrected chi connectivity index (χ2v) is 6.79. The van der Waals surface area contributed by atoms with Crippen molar-refractivity contribution in [3.05, 3.63) is 65.2 Å². The van der Waals surface area contributed by atoms with Gasteiger partial charge in [-0.25, -0.2) is 9.19 Å². The highest BCUT2D eigenvalue weighted by Crippen LogP contribution is 2.14. The molecule has 0 radical (unpaired) electrons. The van der Waals surface area contributed by atoms with Crippen molar-refractivity contribution < 1.29 is 23.9 Å². The second kappa shape index (κ2) is 11.8. The first-order valence-corrected chi connectivity index (χ1v) is 10.5. The third-order valence-corrected chi connectivity index (χ3v) is 4.34. The Balaban J connectivity index is 1.92. The summed E-state index contributed by atoms with van der Waals surface area (Å²) in [4.78, 5) is 36.3. The number of hydrogen-bond donors (Lipinski definition) is 1. The number of carbonyl (C=O) groups is 3. The first-order chi connectivity index (χ1) is 14.4. The maximum Gasteiger partial charge on any atom is 0.344 e. The van der Waals surface area contributed by atoms with Crippen LogP contribution in [0.2, 0.25) is 0 Å². The summed E-state index contributed by atoms with van der Waals surface area (Å²) in [5, 5.41) is 2.71. The summed E-state index contributed by atoms with van der Waals surface area (Å²) in [6.45, 7) is 3.44. The number of nitrogens with zero attached hydrogens (tertiary/aromatic N) is 1. The third kappa shape index (κ3) is 7.04. The van der Waals surface area contributed by atoms with Gasteiger partial charge in [0.25, 0.3) is 5.91 Å². The number of amides is 1. The number of carbonyl (C=O) groups excluding carboxylic acids is 3. The largest absolute Gasteiger partial charge is 0.482 e. The Kier molecular flexibility index (Phi) is 9.08. The molecule has 0 aromatic heterocycles. The predicted octanol–water partition coefficient (Wildman–Crippen LogP) is 3.33. The molecule has 1 amide bonds. The highest BCUT2D eigenvalue weighted by Gasteiger charge is 2.18. The number of benzene rings is 2. The van der Waals surface area contributed by atoms with E-state index < -0.39 is 12.0 Å². The minimum atomic E-state index is -0.707. The Bertz CT molecular complexity index is 895. The third-order valence-electron chi connectivity index (χ3n) is 4.02. The Morgan fingerprint density at radius 2 is 1.70 bits per heavy atom. The Hall–Kier alpha value is -3.13. The van der Waals surface area contributed by atoms with Gasteiger partial charge >= 0.3 is 5.97 Å². The van der Waals surface area contributed by atoms with E-state index in [0.29, 0.717) is 16.9 Å². The van der Waals surface area contributed by atoms with Gasteiger partial charge in [0.15, 0.2) is 12.4 Å². The Morgan fingerprint density at radius 1 is 1.07 bits per heavy atom. The van der Waals surface area contributed by atoms with Crippen LogP contribution >= 0.6 is 11.9 Å². The van der Waals surface area contributed by atoms with Crippen molar-refractivity contribution in [1.29, 1.82) is 0 Å². The van der Waals surface area contributed by atoms with Crippen LogP contribution in [0.5, 0.6) is 5.75 Å². The van der Waals surface area contributed by atoms with E-state index in [1.54, 1.807) is 68.6 Å². The van der Waals surface area contributed by atoms with Crippen LogP contribution in [0.25, 0.3) is 0 Å². The fourth-order valence-electron chi connectivity index (χ4n) is 2.49. The fourth-order valence-corrected chi connectivity index (χ4v) is 2.72. The normalized spacial score (nSPS) is 11.7. The van der Waals surface area contributed by atoms with Gasteiger partial charge < -0.3 is 14.8 Å². The molecule has 0 aliphatic rings. The molecule has 0 spiro atoms. The van der Waals surface area contributed by atoms with E-state index in [-0.39, 0.29) is 24.9 Å². The van der Waals surface area contributed by atoms with E-state index in [1.807, 2.05) is 6.26 Å².